The van der Waals surface area contributed by atoms with Gasteiger partial charge in [0, 0.05) is 26.1 Å². The van der Waals surface area contributed by atoms with Crippen LogP contribution in [-0.4, -0.2) is 60.1 Å². The monoisotopic (exact) mass is 512 g/mol. The third-order valence-corrected chi connectivity index (χ3v) is 5.27. The van der Waals surface area contributed by atoms with E-state index < -0.39 is 0 Å². The Morgan fingerprint density at radius 2 is 1.90 bits per heavy atom. The lowest BCUT2D eigenvalue weighted by Crippen LogP contribution is -2.39. The van der Waals surface area contributed by atoms with Crippen LogP contribution in [0.15, 0.2) is 29.3 Å². The number of benzene rings is 1. The van der Waals surface area contributed by atoms with Crippen LogP contribution in [0.25, 0.3) is 11.0 Å². The highest BCUT2D eigenvalue weighted by Gasteiger charge is 2.08. The number of rotatable bonds is 9. The summed E-state index contributed by atoms with van der Waals surface area (Å²) in [7, 11) is 0. The molecule has 3 N–H and O–H groups in total. The number of guanidine groups is 1. The van der Waals surface area contributed by atoms with E-state index in [9.17, 15) is 0 Å². The van der Waals surface area contributed by atoms with E-state index in [-0.39, 0.29) is 24.0 Å². The average molecular weight is 512 g/mol. The number of aryl methyl sites for hydroxylation is 1. The van der Waals surface area contributed by atoms with Crippen LogP contribution < -0.4 is 10.6 Å². The maximum Gasteiger partial charge on any atom is 0.191 e. The Morgan fingerprint density at radius 3 is 2.66 bits per heavy atom. The van der Waals surface area contributed by atoms with Crippen molar-refractivity contribution in [2.24, 2.45) is 4.99 Å². The minimum Gasteiger partial charge on any atom is -0.357 e. The summed E-state index contributed by atoms with van der Waals surface area (Å²) in [6.45, 7) is 8.53. The zero-order chi connectivity index (χ0) is 19.4. The van der Waals surface area contributed by atoms with E-state index in [2.05, 4.69) is 38.5 Å². The first-order valence-electron chi connectivity index (χ1n) is 11.0. The third kappa shape index (κ3) is 8.50. The summed E-state index contributed by atoms with van der Waals surface area (Å²) in [5, 5.41) is 6.84. The van der Waals surface area contributed by atoms with Gasteiger partial charge in [-0.1, -0.05) is 25.0 Å². The van der Waals surface area contributed by atoms with Gasteiger partial charge in [-0.25, -0.2) is 4.98 Å². The molecule has 2 heterocycles. The van der Waals surface area contributed by atoms with E-state index in [1.807, 2.05) is 18.2 Å². The van der Waals surface area contributed by atoms with Crippen LogP contribution in [0.3, 0.4) is 0 Å². The first kappa shape index (κ1) is 23.9. The summed E-state index contributed by atoms with van der Waals surface area (Å²) in [5.74, 6) is 1.98. The van der Waals surface area contributed by atoms with Crippen LogP contribution >= 0.6 is 24.0 Å². The second-order valence-corrected chi connectivity index (χ2v) is 7.60. The molecule has 6 nitrogen and oxygen atoms in total. The van der Waals surface area contributed by atoms with Crippen LogP contribution in [0.1, 0.15) is 51.3 Å². The van der Waals surface area contributed by atoms with Gasteiger partial charge in [-0.2, -0.15) is 0 Å². The zero-order valence-electron chi connectivity index (χ0n) is 17.8. The highest BCUT2D eigenvalue weighted by Crippen LogP contribution is 2.11. The Bertz CT molecular complexity index is 688. The molecule has 0 atom stereocenters. The van der Waals surface area contributed by atoms with E-state index in [1.165, 1.54) is 51.7 Å². The van der Waals surface area contributed by atoms with Gasteiger partial charge in [-0.05, 0) is 64.4 Å². The summed E-state index contributed by atoms with van der Waals surface area (Å²) in [4.78, 5) is 15.4. The molecule has 0 amide bonds. The van der Waals surface area contributed by atoms with Gasteiger partial charge >= 0.3 is 0 Å². The molecule has 1 fully saturated rings. The van der Waals surface area contributed by atoms with Crippen LogP contribution in [0.2, 0.25) is 0 Å². The minimum absolute atomic E-state index is 0. The van der Waals surface area contributed by atoms with Gasteiger partial charge in [0.25, 0.3) is 0 Å². The second kappa shape index (κ2) is 13.8. The number of fused-ring (bicyclic) bond motifs is 1. The topological polar surface area (TPSA) is 68.3 Å². The van der Waals surface area contributed by atoms with E-state index in [1.54, 1.807) is 0 Å². The van der Waals surface area contributed by atoms with Gasteiger partial charge in [0.1, 0.15) is 5.82 Å². The highest BCUT2D eigenvalue weighted by molar-refractivity contribution is 14.0. The normalized spacial score (nSPS) is 15.7. The number of hydrogen-bond acceptors (Lipinski definition) is 3. The molecule has 0 aliphatic carbocycles. The molecule has 2 aromatic rings. The zero-order valence-corrected chi connectivity index (χ0v) is 20.1. The van der Waals surface area contributed by atoms with Crippen LogP contribution in [0.5, 0.6) is 0 Å². The van der Waals surface area contributed by atoms with Gasteiger partial charge in [0.15, 0.2) is 5.96 Å². The lowest BCUT2D eigenvalue weighted by atomic mass is 10.2. The summed E-state index contributed by atoms with van der Waals surface area (Å²) >= 11 is 0. The van der Waals surface area contributed by atoms with Crippen molar-refractivity contribution < 1.29 is 0 Å². The lowest BCUT2D eigenvalue weighted by Gasteiger charge is -2.20. The van der Waals surface area contributed by atoms with E-state index in [0.29, 0.717) is 0 Å². The number of nitrogens with zero attached hydrogens (tertiary/aromatic N) is 3. The van der Waals surface area contributed by atoms with Gasteiger partial charge < -0.3 is 20.5 Å². The number of aliphatic imine (C=N–C) groups is 1. The Morgan fingerprint density at radius 1 is 1.10 bits per heavy atom. The molecular formula is C22H37IN6. The molecule has 3 rings (SSSR count). The van der Waals surface area contributed by atoms with Crippen molar-refractivity contribution in [3.8, 4) is 0 Å². The molecule has 0 radical (unpaired) electrons. The third-order valence-electron chi connectivity index (χ3n) is 5.27. The number of nitrogens with one attached hydrogen (secondary N) is 3. The van der Waals surface area contributed by atoms with Crippen molar-refractivity contribution in [3.63, 3.8) is 0 Å². The largest absolute Gasteiger partial charge is 0.357 e. The molecule has 1 aromatic heterocycles. The molecule has 7 heteroatoms. The van der Waals surface area contributed by atoms with E-state index in [4.69, 9.17) is 4.99 Å². The molecule has 29 heavy (non-hydrogen) atoms. The number of para-hydroxylation sites is 2. The molecule has 0 spiro atoms. The Balaban J connectivity index is 0.00000300. The van der Waals surface area contributed by atoms with Crippen LogP contribution in [0.4, 0.5) is 0 Å². The van der Waals surface area contributed by atoms with Gasteiger partial charge in [0.2, 0.25) is 0 Å². The average Bonchev–Trinajstić information content (AvgIpc) is 2.94. The fraction of sp³-hybridized carbons (Fsp3) is 0.636. The predicted octanol–water partition coefficient (Wildman–Crippen LogP) is 3.93. The molecule has 1 aliphatic rings. The van der Waals surface area contributed by atoms with Crippen molar-refractivity contribution in [1.82, 2.24) is 25.5 Å². The lowest BCUT2D eigenvalue weighted by molar-refractivity contribution is 0.282. The highest BCUT2D eigenvalue weighted by atomic mass is 127. The number of hydrogen-bond donors (Lipinski definition) is 3. The smallest absolute Gasteiger partial charge is 0.191 e. The summed E-state index contributed by atoms with van der Waals surface area (Å²) in [6.07, 6.45) is 8.62. The Kier molecular flexibility index (Phi) is 11.4. The van der Waals surface area contributed by atoms with Crippen molar-refractivity contribution in [3.05, 3.63) is 30.1 Å². The van der Waals surface area contributed by atoms with Crippen molar-refractivity contribution in [1.29, 1.82) is 0 Å². The van der Waals surface area contributed by atoms with Crippen molar-refractivity contribution in [2.45, 2.75) is 51.9 Å². The van der Waals surface area contributed by atoms with E-state index in [0.717, 1.165) is 55.3 Å². The van der Waals surface area contributed by atoms with Gasteiger partial charge in [-0.15, -0.1) is 24.0 Å². The molecule has 162 valence electrons. The van der Waals surface area contributed by atoms with Gasteiger partial charge in [0.05, 0.1) is 11.0 Å². The Labute approximate surface area is 192 Å². The molecular weight excluding hydrogens is 475 g/mol. The Hall–Kier alpha value is -1.35. The summed E-state index contributed by atoms with van der Waals surface area (Å²) in [5.41, 5.74) is 2.15. The SMILES string of the molecule is CCNC(=NCCCc1nc2ccccc2[nH]1)NCCCN1CCCCCC1.I. The summed E-state index contributed by atoms with van der Waals surface area (Å²) < 4.78 is 0. The second-order valence-electron chi connectivity index (χ2n) is 7.60. The molecule has 0 bridgehead atoms. The molecule has 0 unspecified atom stereocenters. The molecule has 0 saturated carbocycles. The first-order chi connectivity index (χ1) is 13.8. The summed E-state index contributed by atoms with van der Waals surface area (Å²) in [6, 6.07) is 8.18. The molecule has 1 saturated heterocycles. The van der Waals surface area contributed by atoms with E-state index >= 15 is 0 Å². The number of likely N-dealkylation sites (tertiary alicyclic amines) is 1. The van der Waals surface area contributed by atoms with Crippen molar-refractivity contribution in [2.75, 3.05) is 39.3 Å². The fourth-order valence-electron chi connectivity index (χ4n) is 3.77. The quantitative estimate of drug-likeness (QED) is 0.206. The number of aromatic amines is 1. The molecule has 1 aromatic carbocycles. The number of aromatic nitrogens is 2. The number of H-pyrrole nitrogens is 1. The first-order valence-corrected chi connectivity index (χ1v) is 11.0. The number of halogens is 1. The maximum absolute atomic E-state index is 4.72. The molecule has 1 aliphatic heterocycles. The minimum atomic E-state index is 0. The van der Waals surface area contributed by atoms with Crippen LogP contribution in [0, 0.1) is 0 Å². The predicted molar refractivity (Wildman–Crippen MR) is 133 cm³/mol. The number of imidazole rings is 1. The van der Waals surface area contributed by atoms with Gasteiger partial charge in [-0.3, -0.25) is 4.99 Å². The maximum atomic E-state index is 4.72. The van der Waals surface area contributed by atoms with Crippen LogP contribution in [-0.2, 0) is 6.42 Å². The fourth-order valence-corrected chi connectivity index (χ4v) is 3.77. The standard InChI is InChI=1S/C22H36N6.HI/c1-2-23-22(25-15-10-18-28-16-7-3-4-8-17-28)24-14-9-13-21-26-19-11-5-6-12-20(19)27-21;/h5-6,11-12H,2-4,7-10,13-18H2,1H3,(H,26,27)(H2,23,24,25);1H. The van der Waals surface area contributed by atoms with Crippen molar-refractivity contribution >= 4 is 41.0 Å².